The second kappa shape index (κ2) is 6.32. The summed E-state index contributed by atoms with van der Waals surface area (Å²) in [7, 11) is -1.91. The van der Waals surface area contributed by atoms with Crippen molar-refractivity contribution >= 4 is 21.4 Å². The molecule has 1 saturated heterocycles. The van der Waals surface area contributed by atoms with Crippen LogP contribution >= 0.6 is 11.6 Å². The molecule has 2 aliphatic rings. The zero-order valence-electron chi connectivity index (χ0n) is 14.6. The SMILES string of the molecule is C[N+]1([O-])CCN(C2Cc3ccccc3S(=O)(=O)c3ccc(Cl)cc32)CC1. The Kier molecular flexibility index (Phi) is 4.36. The van der Waals surface area contributed by atoms with E-state index in [1.165, 1.54) is 0 Å². The lowest BCUT2D eigenvalue weighted by molar-refractivity contribution is -0.865. The molecule has 1 atom stereocenters. The molecule has 5 nitrogen and oxygen atoms in total. The number of piperazine rings is 1. The van der Waals surface area contributed by atoms with Gasteiger partial charge in [-0.1, -0.05) is 29.8 Å². The largest absolute Gasteiger partial charge is 0.633 e. The summed E-state index contributed by atoms with van der Waals surface area (Å²) in [6, 6.07) is 12.1. The van der Waals surface area contributed by atoms with Crippen LogP contribution in [0.15, 0.2) is 52.3 Å². The molecule has 0 spiro atoms. The highest BCUT2D eigenvalue weighted by molar-refractivity contribution is 7.91. The molecule has 0 aromatic heterocycles. The molecule has 26 heavy (non-hydrogen) atoms. The molecule has 2 aromatic carbocycles. The van der Waals surface area contributed by atoms with Crippen LogP contribution < -0.4 is 0 Å². The van der Waals surface area contributed by atoms with Gasteiger partial charge in [-0.2, -0.15) is 0 Å². The van der Waals surface area contributed by atoms with Crippen LogP contribution in [0.25, 0.3) is 0 Å². The number of benzene rings is 2. The Hall–Kier alpha value is -1.44. The highest BCUT2D eigenvalue weighted by Crippen LogP contribution is 2.40. The second-order valence-electron chi connectivity index (χ2n) is 7.29. The van der Waals surface area contributed by atoms with Gasteiger partial charge >= 0.3 is 0 Å². The first-order valence-electron chi connectivity index (χ1n) is 8.70. The number of quaternary nitrogens is 1. The van der Waals surface area contributed by atoms with Crippen molar-refractivity contribution in [1.82, 2.24) is 4.90 Å². The normalized spacial score (nSPS) is 24.3. The summed E-state index contributed by atoms with van der Waals surface area (Å²) in [4.78, 5) is 2.92. The Labute approximate surface area is 158 Å². The maximum atomic E-state index is 13.2. The van der Waals surface area contributed by atoms with E-state index in [4.69, 9.17) is 11.6 Å². The molecule has 1 unspecified atom stereocenters. The fraction of sp³-hybridized carbons (Fsp3) is 0.368. The fourth-order valence-electron chi connectivity index (χ4n) is 3.94. The Bertz CT molecular complexity index is 949. The Morgan fingerprint density at radius 3 is 2.54 bits per heavy atom. The van der Waals surface area contributed by atoms with Gasteiger partial charge in [0, 0.05) is 24.2 Å². The van der Waals surface area contributed by atoms with Crippen LogP contribution in [0.1, 0.15) is 17.2 Å². The number of likely N-dealkylation sites (N-methyl/N-ethyl adjacent to an activating group) is 1. The molecule has 0 radical (unpaired) electrons. The maximum Gasteiger partial charge on any atom is 0.207 e. The lowest BCUT2D eigenvalue weighted by atomic mass is 9.96. The van der Waals surface area contributed by atoms with Gasteiger partial charge in [0.15, 0.2) is 0 Å². The number of sulfone groups is 1. The van der Waals surface area contributed by atoms with Gasteiger partial charge < -0.3 is 9.85 Å². The van der Waals surface area contributed by atoms with Crippen LogP contribution in [-0.2, 0) is 16.3 Å². The van der Waals surface area contributed by atoms with E-state index in [1.54, 1.807) is 37.4 Å². The molecular formula is C19H21ClN2O3S. The summed E-state index contributed by atoms with van der Waals surface area (Å²) in [6.45, 7) is 2.28. The van der Waals surface area contributed by atoms with Crippen molar-refractivity contribution in [3.05, 3.63) is 63.8 Å². The number of hydroxylamine groups is 3. The summed E-state index contributed by atoms with van der Waals surface area (Å²) < 4.78 is 26.2. The van der Waals surface area contributed by atoms with Crippen LogP contribution in [0.2, 0.25) is 5.02 Å². The third-order valence-electron chi connectivity index (χ3n) is 5.46. The molecule has 0 aliphatic carbocycles. The number of hydrogen-bond donors (Lipinski definition) is 0. The summed E-state index contributed by atoms with van der Waals surface area (Å²) >= 11 is 6.22. The highest BCUT2D eigenvalue weighted by atomic mass is 35.5. The van der Waals surface area contributed by atoms with Crippen molar-refractivity contribution in [2.24, 2.45) is 0 Å². The number of nitrogens with zero attached hydrogens (tertiary/aromatic N) is 2. The summed E-state index contributed by atoms with van der Waals surface area (Å²) in [5.41, 5.74) is 1.55. The topological polar surface area (TPSA) is 60.4 Å². The first-order chi connectivity index (χ1) is 12.3. The van der Waals surface area contributed by atoms with Gasteiger partial charge in [0.1, 0.15) is 0 Å². The molecule has 2 heterocycles. The van der Waals surface area contributed by atoms with E-state index in [1.807, 2.05) is 12.1 Å². The fourth-order valence-corrected chi connectivity index (χ4v) is 5.86. The molecular weight excluding hydrogens is 372 g/mol. The third kappa shape index (κ3) is 3.06. The van der Waals surface area contributed by atoms with E-state index in [2.05, 4.69) is 4.90 Å². The van der Waals surface area contributed by atoms with E-state index in [0.29, 0.717) is 47.4 Å². The van der Waals surface area contributed by atoms with Crippen molar-refractivity contribution < 1.29 is 13.1 Å². The average molecular weight is 393 g/mol. The second-order valence-corrected chi connectivity index (χ2v) is 9.62. The standard InChI is InChI=1S/C19H21ClN2O3S/c1-22(23)10-8-21(9-11-22)17-12-14-4-2-3-5-18(14)26(24,25)19-7-6-15(20)13-16(17)19/h2-7,13,17H,8-12H2,1H3. The minimum Gasteiger partial charge on any atom is -0.633 e. The Morgan fingerprint density at radius 1 is 1.12 bits per heavy atom. The Morgan fingerprint density at radius 2 is 1.81 bits per heavy atom. The van der Waals surface area contributed by atoms with Crippen molar-refractivity contribution in [1.29, 1.82) is 0 Å². The van der Waals surface area contributed by atoms with Crippen molar-refractivity contribution in [2.75, 3.05) is 33.2 Å². The van der Waals surface area contributed by atoms with E-state index >= 15 is 0 Å². The summed E-state index contributed by atoms with van der Waals surface area (Å²) in [5, 5.41) is 12.7. The predicted octanol–water partition coefficient (Wildman–Crippen LogP) is 3.03. The van der Waals surface area contributed by atoms with Gasteiger partial charge in [-0.05, 0) is 41.8 Å². The first kappa shape index (κ1) is 17.9. The number of halogens is 1. The van der Waals surface area contributed by atoms with E-state index in [-0.39, 0.29) is 10.7 Å². The maximum absolute atomic E-state index is 13.2. The van der Waals surface area contributed by atoms with E-state index in [0.717, 1.165) is 11.1 Å². The monoisotopic (exact) mass is 392 g/mol. The van der Waals surface area contributed by atoms with Gasteiger partial charge in [0.05, 0.1) is 29.9 Å². The predicted molar refractivity (Wildman–Crippen MR) is 101 cm³/mol. The van der Waals surface area contributed by atoms with Gasteiger partial charge in [-0.3, -0.25) is 4.90 Å². The highest BCUT2D eigenvalue weighted by Gasteiger charge is 2.36. The van der Waals surface area contributed by atoms with Crippen molar-refractivity contribution in [2.45, 2.75) is 22.3 Å². The third-order valence-corrected chi connectivity index (χ3v) is 7.62. The van der Waals surface area contributed by atoms with Crippen LogP contribution in [-0.4, -0.2) is 51.2 Å². The quantitative estimate of drug-likeness (QED) is 0.553. The molecule has 0 N–H and O–H groups in total. The van der Waals surface area contributed by atoms with Gasteiger partial charge in [0.2, 0.25) is 9.84 Å². The van der Waals surface area contributed by atoms with Crippen LogP contribution in [0.3, 0.4) is 0 Å². The molecule has 2 aromatic rings. The lowest BCUT2D eigenvalue weighted by Crippen LogP contribution is -2.54. The van der Waals surface area contributed by atoms with E-state index in [9.17, 15) is 13.6 Å². The molecule has 0 saturated carbocycles. The molecule has 1 fully saturated rings. The Balaban J connectivity index is 1.86. The number of rotatable bonds is 1. The number of hydrogen-bond acceptors (Lipinski definition) is 4. The molecule has 138 valence electrons. The van der Waals surface area contributed by atoms with Crippen LogP contribution in [0, 0.1) is 5.21 Å². The number of fused-ring (bicyclic) bond motifs is 2. The zero-order chi connectivity index (χ0) is 18.5. The van der Waals surface area contributed by atoms with Crippen molar-refractivity contribution in [3.63, 3.8) is 0 Å². The summed E-state index contributed by atoms with van der Waals surface area (Å²) in [6.07, 6.45) is 0.589. The molecule has 0 bridgehead atoms. The summed E-state index contributed by atoms with van der Waals surface area (Å²) in [5.74, 6) is 0. The molecule has 0 amide bonds. The zero-order valence-corrected chi connectivity index (χ0v) is 16.1. The molecule has 7 heteroatoms. The smallest absolute Gasteiger partial charge is 0.207 e. The lowest BCUT2D eigenvalue weighted by Gasteiger charge is -2.47. The minimum absolute atomic E-state index is 0.109. The first-order valence-corrected chi connectivity index (χ1v) is 10.6. The van der Waals surface area contributed by atoms with Crippen molar-refractivity contribution in [3.8, 4) is 0 Å². The van der Waals surface area contributed by atoms with Crippen LogP contribution in [0.5, 0.6) is 0 Å². The minimum atomic E-state index is -3.60. The van der Waals surface area contributed by atoms with Gasteiger partial charge in [0.25, 0.3) is 0 Å². The van der Waals surface area contributed by atoms with Gasteiger partial charge in [-0.25, -0.2) is 8.42 Å². The van der Waals surface area contributed by atoms with Crippen LogP contribution in [0.4, 0.5) is 0 Å². The molecule has 4 rings (SSSR count). The molecule has 2 aliphatic heterocycles. The van der Waals surface area contributed by atoms with E-state index < -0.39 is 9.84 Å². The van der Waals surface area contributed by atoms with Gasteiger partial charge in [-0.15, -0.1) is 0 Å². The average Bonchev–Trinajstić information content (AvgIpc) is 2.68.